The number of fused-ring (bicyclic) bond motifs is 2. The predicted molar refractivity (Wildman–Crippen MR) is 144 cm³/mol. The molecule has 244 valence electrons. The first-order valence-electron chi connectivity index (χ1n) is 12.6. The molecule has 6 heterocycles. The van der Waals surface area contributed by atoms with E-state index in [1.54, 1.807) is 0 Å². The molecule has 23 nitrogen and oxygen atoms in total. The van der Waals surface area contributed by atoms with Crippen molar-refractivity contribution in [1.82, 2.24) is 39.0 Å². The van der Waals surface area contributed by atoms with Crippen molar-refractivity contribution in [3.05, 3.63) is 39.8 Å². The van der Waals surface area contributed by atoms with Gasteiger partial charge in [-0.25, -0.2) is 33.9 Å². The number of nitrogens with zero attached hydrogens (tertiary/aromatic N) is 6. The van der Waals surface area contributed by atoms with E-state index < -0.39 is 90.1 Å². The molecule has 2 saturated heterocycles. The van der Waals surface area contributed by atoms with Gasteiger partial charge >= 0.3 is 22.2 Å². The molecule has 4 aromatic heterocycles. The highest BCUT2D eigenvalue weighted by Crippen LogP contribution is 2.50. The number of aromatic amines is 2. The van der Waals surface area contributed by atoms with Gasteiger partial charge in [-0.15, -0.1) is 0 Å². The molecule has 0 radical (unpaired) electrons. The molecule has 25 heteroatoms. The van der Waals surface area contributed by atoms with Crippen LogP contribution in [0.25, 0.3) is 22.3 Å². The molecule has 45 heavy (non-hydrogen) atoms. The first-order valence-corrected chi connectivity index (χ1v) is 14.9. The lowest BCUT2D eigenvalue weighted by Gasteiger charge is -2.25. The largest absolute Gasteiger partial charge is 0.472 e. The SMILES string of the molecule is Nc1ncnc2c1ncn2[C@@H]1O[C@H](COP(=O)(O)O[C@@H]2[C@H](O)[C@@H](CO)O[C@H]2n2cnc3c(=O)[nH]c(=O)[nH]c32)[C@@H](O)[C@H]1O.O=PO. The highest BCUT2D eigenvalue weighted by molar-refractivity contribution is 7.47. The van der Waals surface area contributed by atoms with E-state index in [0.29, 0.717) is 0 Å². The van der Waals surface area contributed by atoms with Gasteiger partial charge in [-0.05, 0) is 0 Å². The second kappa shape index (κ2) is 13.0. The summed E-state index contributed by atoms with van der Waals surface area (Å²) in [7, 11) is -5.92. The molecule has 4 aromatic rings. The van der Waals surface area contributed by atoms with Crippen molar-refractivity contribution in [2.75, 3.05) is 18.9 Å². The van der Waals surface area contributed by atoms with E-state index in [9.17, 15) is 39.5 Å². The molecular weight excluding hydrogens is 652 g/mol. The van der Waals surface area contributed by atoms with Crippen LogP contribution < -0.4 is 17.0 Å². The standard InChI is InChI=1S/C20H24N9O12P.HO2P/c21-14-8-15(23-3-22-14)28(4-24-8)18-12(33)10(31)7(40-18)2-38-42(36,37)41-13-11(32)6(1-30)39-19(13)29-5-25-9-16(29)26-20(35)27-17(9)34;1-3-2/h3-7,10-13,18-19,30-33H,1-2H2,(H,36,37)(H2,21,22,23)(H2,26,27,34,35);(H,1,2)/t6-,7-,10-,11-,12-,13-,18-,19-;/m1./s1. The van der Waals surface area contributed by atoms with Gasteiger partial charge in [0.2, 0.25) is 0 Å². The van der Waals surface area contributed by atoms with Crippen LogP contribution in [0.4, 0.5) is 5.82 Å². The van der Waals surface area contributed by atoms with Gasteiger partial charge in [0.15, 0.2) is 29.4 Å². The van der Waals surface area contributed by atoms with Crippen molar-refractivity contribution in [3.63, 3.8) is 0 Å². The number of nitrogens with two attached hydrogens (primary N) is 1. The number of phosphoric ester groups is 1. The lowest BCUT2D eigenvalue weighted by molar-refractivity contribution is -0.0616. The molecule has 0 aromatic carbocycles. The van der Waals surface area contributed by atoms with Gasteiger partial charge < -0.3 is 45.4 Å². The van der Waals surface area contributed by atoms with Crippen LogP contribution in [0.5, 0.6) is 0 Å². The zero-order valence-corrected chi connectivity index (χ0v) is 24.2. The zero-order valence-electron chi connectivity index (χ0n) is 22.4. The molecular formula is C20H25N9O14P2. The average Bonchev–Trinajstić information content (AvgIpc) is 3.74. The molecule has 0 aliphatic carbocycles. The molecule has 9 atom stereocenters. The maximum Gasteiger partial charge on any atom is 0.472 e. The van der Waals surface area contributed by atoms with E-state index in [0.717, 1.165) is 10.9 Å². The topological polar surface area (TPSA) is 346 Å². The summed E-state index contributed by atoms with van der Waals surface area (Å²) < 4.78 is 45.3. The fourth-order valence-corrected chi connectivity index (χ4v) is 5.79. The smallest absolute Gasteiger partial charge is 0.394 e. The monoisotopic (exact) mass is 677 g/mol. The Morgan fingerprint density at radius 1 is 0.978 bits per heavy atom. The Morgan fingerprint density at radius 2 is 1.64 bits per heavy atom. The second-order valence-electron chi connectivity index (χ2n) is 9.54. The lowest BCUT2D eigenvalue weighted by Crippen LogP contribution is -2.36. The maximum atomic E-state index is 13.0. The van der Waals surface area contributed by atoms with Crippen molar-refractivity contribution in [2.45, 2.75) is 49.1 Å². The van der Waals surface area contributed by atoms with Crippen molar-refractivity contribution < 1.29 is 57.9 Å². The van der Waals surface area contributed by atoms with Crippen LogP contribution in [0.15, 0.2) is 28.6 Å². The van der Waals surface area contributed by atoms with Crippen LogP contribution in [0.1, 0.15) is 12.5 Å². The van der Waals surface area contributed by atoms with Gasteiger partial charge in [-0.3, -0.25) is 32.9 Å². The fraction of sp³-hybridized carbons (Fsp3) is 0.500. The summed E-state index contributed by atoms with van der Waals surface area (Å²) in [4.78, 5) is 61.6. The number of rotatable bonds is 8. The van der Waals surface area contributed by atoms with Crippen LogP contribution in [0.3, 0.4) is 0 Å². The molecule has 1 unspecified atom stereocenters. The fourth-order valence-electron chi connectivity index (χ4n) is 4.86. The number of anilines is 1. The lowest BCUT2D eigenvalue weighted by atomic mass is 10.1. The number of phosphoric acid groups is 1. The summed E-state index contributed by atoms with van der Waals surface area (Å²) >= 11 is 0. The summed E-state index contributed by atoms with van der Waals surface area (Å²) in [6.45, 7) is -1.49. The first kappa shape index (κ1) is 32.8. The van der Waals surface area contributed by atoms with Crippen LogP contribution >= 0.6 is 16.5 Å². The average molecular weight is 677 g/mol. The Bertz CT molecular complexity index is 1850. The number of aliphatic hydroxyl groups is 4. The van der Waals surface area contributed by atoms with Gasteiger partial charge in [0.05, 0.1) is 25.9 Å². The number of ether oxygens (including phenoxy) is 2. The van der Waals surface area contributed by atoms with Crippen molar-refractivity contribution in [2.24, 2.45) is 0 Å². The van der Waals surface area contributed by atoms with E-state index in [1.807, 2.05) is 4.98 Å². The molecule has 2 fully saturated rings. The Kier molecular flexibility index (Phi) is 9.51. The first-order chi connectivity index (χ1) is 21.4. The van der Waals surface area contributed by atoms with E-state index in [2.05, 4.69) is 24.9 Å². The van der Waals surface area contributed by atoms with Crippen molar-refractivity contribution in [1.29, 1.82) is 0 Å². The van der Waals surface area contributed by atoms with Crippen molar-refractivity contribution in [3.8, 4) is 0 Å². The molecule has 2 aliphatic heterocycles. The van der Waals surface area contributed by atoms with Gasteiger partial charge in [-0.1, -0.05) is 0 Å². The Balaban J connectivity index is 0.00000128. The molecule has 6 rings (SSSR count). The Labute approximate surface area is 249 Å². The second-order valence-corrected chi connectivity index (χ2v) is 11.1. The third-order valence-corrected chi connectivity index (χ3v) is 7.88. The quantitative estimate of drug-likeness (QED) is 0.0813. The normalized spacial score (nSPS) is 29.6. The number of hydrogen-bond donors (Lipinski definition) is 9. The minimum Gasteiger partial charge on any atom is -0.394 e. The third-order valence-electron chi connectivity index (χ3n) is 6.89. The number of hydrogen-bond acceptors (Lipinski definition) is 17. The molecule has 0 amide bonds. The number of aliphatic hydroxyl groups excluding tert-OH is 4. The summed E-state index contributed by atoms with van der Waals surface area (Å²) in [6, 6.07) is 0. The Morgan fingerprint density at radius 3 is 2.36 bits per heavy atom. The van der Waals surface area contributed by atoms with E-state index >= 15 is 0 Å². The molecule has 0 spiro atoms. The summed E-state index contributed by atoms with van der Waals surface area (Å²) in [5, 5.41) is 41.4. The maximum absolute atomic E-state index is 13.0. The molecule has 0 bridgehead atoms. The summed E-state index contributed by atoms with van der Waals surface area (Å²) in [5.41, 5.74) is 4.15. The molecule has 0 saturated carbocycles. The number of imidazole rings is 2. The third kappa shape index (κ3) is 6.29. The van der Waals surface area contributed by atoms with Crippen LogP contribution in [0.2, 0.25) is 0 Å². The van der Waals surface area contributed by atoms with Gasteiger partial charge in [0.1, 0.15) is 54.1 Å². The van der Waals surface area contributed by atoms with Crippen molar-refractivity contribution >= 4 is 44.7 Å². The van der Waals surface area contributed by atoms with E-state index in [1.165, 1.54) is 17.2 Å². The number of H-pyrrole nitrogens is 2. The number of nitrogen functional groups attached to an aromatic ring is 1. The van der Waals surface area contributed by atoms with Gasteiger partial charge in [-0.2, -0.15) is 0 Å². The van der Waals surface area contributed by atoms with Gasteiger partial charge in [0, 0.05) is 0 Å². The van der Waals surface area contributed by atoms with Crippen LogP contribution in [0, 0.1) is 0 Å². The molecule has 10 N–H and O–H groups in total. The highest BCUT2D eigenvalue weighted by atomic mass is 31.2. The Hall–Kier alpha value is -3.57. The highest BCUT2D eigenvalue weighted by Gasteiger charge is 2.50. The summed E-state index contributed by atoms with van der Waals surface area (Å²) in [6.07, 6.45) is -8.33. The number of nitrogens with one attached hydrogen (secondary N) is 2. The minimum absolute atomic E-state index is 0.0757. The van der Waals surface area contributed by atoms with E-state index in [-0.39, 0.29) is 28.1 Å². The van der Waals surface area contributed by atoms with Gasteiger partial charge in [0.25, 0.3) is 5.56 Å². The summed E-state index contributed by atoms with van der Waals surface area (Å²) in [5.74, 6) is 0.0757. The van der Waals surface area contributed by atoms with E-state index in [4.69, 9.17) is 33.7 Å². The minimum atomic E-state index is -5.08. The van der Waals surface area contributed by atoms with Crippen LogP contribution in [-0.4, -0.2) is 119 Å². The van der Waals surface area contributed by atoms with Crippen LogP contribution in [-0.2, 0) is 27.7 Å². The zero-order chi connectivity index (χ0) is 32.6. The predicted octanol–water partition coefficient (Wildman–Crippen LogP) is -3.61. The molecule has 2 aliphatic rings. The number of aromatic nitrogens is 8.